The molecule has 1 fully saturated rings. The van der Waals surface area contributed by atoms with Crippen LogP contribution in [-0.4, -0.2) is 36.6 Å². The van der Waals surface area contributed by atoms with Crippen LogP contribution in [0.25, 0.3) is 0 Å². The lowest BCUT2D eigenvalue weighted by atomic mass is 9.83. The van der Waals surface area contributed by atoms with Crippen LogP contribution in [0.3, 0.4) is 0 Å². The summed E-state index contributed by atoms with van der Waals surface area (Å²) in [7, 11) is 1.69. The van der Waals surface area contributed by atoms with Crippen molar-refractivity contribution in [3.05, 3.63) is 21.9 Å². The van der Waals surface area contributed by atoms with Gasteiger partial charge >= 0.3 is 0 Å². The number of carbonyl (C=O) groups excluding carboxylic acids is 1. The molecular formula is C15H22N2O2S. The monoisotopic (exact) mass is 294 g/mol. The maximum absolute atomic E-state index is 12.7. The number of carbonyl (C=O) groups is 1. The number of amides is 1. The van der Waals surface area contributed by atoms with Gasteiger partial charge in [0.2, 0.25) is 5.91 Å². The van der Waals surface area contributed by atoms with Gasteiger partial charge in [0.05, 0.1) is 6.10 Å². The minimum Gasteiger partial charge on any atom is -0.380 e. The van der Waals surface area contributed by atoms with Gasteiger partial charge in [0, 0.05) is 37.0 Å². The fourth-order valence-corrected chi connectivity index (χ4v) is 4.23. The lowest BCUT2D eigenvalue weighted by molar-refractivity contribution is -0.139. The SMILES string of the molecule is CO[C@@H]1C[C@@H](C(=O)N2CCc3sccc3C2)CC[C@H]1N. The highest BCUT2D eigenvalue weighted by Crippen LogP contribution is 2.30. The molecule has 5 heteroatoms. The van der Waals surface area contributed by atoms with E-state index in [0.29, 0.717) is 0 Å². The predicted molar refractivity (Wildman–Crippen MR) is 79.6 cm³/mol. The summed E-state index contributed by atoms with van der Waals surface area (Å²) in [4.78, 5) is 16.1. The third-order valence-electron chi connectivity index (χ3n) is 4.61. The van der Waals surface area contributed by atoms with Crippen molar-refractivity contribution in [3.8, 4) is 0 Å². The van der Waals surface area contributed by atoms with Crippen molar-refractivity contribution in [2.75, 3.05) is 13.7 Å². The Labute approximate surface area is 123 Å². The van der Waals surface area contributed by atoms with Crippen LogP contribution in [0.2, 0.25) is 0 Å². The summed E-state index contributed by atoms with van der Waals surface area (Å²) in [6.07, 6.45) is 3.57. The van der Waals surface area contributed by atoms with Crippen molar-refractivity contribution >= 4 is 17.2 Å². The summed E-state index contributed by atoms with van der Waals surface area (Å²) in [6, 6.07) is 2.22. The zero-order valence-electron chi connectivity index (χ0n) is 11.9. The zero-order valence-corrected chi connectivity index (χ0v) is 12.7. The van der Waals surface area contributed by atoms with Gasteiger partial charge in [0.15, 0.2) is 0 Å². The van der Waals surface area contributed by atoms with E-state index in [1.165, 1.54) is 10.4 Å². The average Bonchev–Trinajstić information content (AvgIpc) is 2.94. The second-order valence-electron chi connectivity index (χ2n) is 5.83. The van der Waals surface area contributed by atoms with Gasteiger partial charge in [-0.15, -0.1) is 11.3 Å². The van der Waals surface area contributed by atoms with Crippen LogP contribution in [0.1, 0.15) is 29.7 Å². The molecule has 0 radical (unpaired) electrons. The molecule has 1 aromatic rings. The molecule has 1 saturated carbocycles. The van der Waals surface area contributed by atoms with Gasteiger partial charge in [0.1, 0.15) is 0 Å². The van der Waals surface area contributed by atoms with Crippen LogP contribution in [0.15, 0.2) is 11.4 Å². The smallest absolute Gasteiger partial charge is 0.226 e. The molecule has 0 unspecified atom stereocenters. The Morgan fingerprint density at radius 1 is 1.50 bits per heavy atom. The van der Waals surface area contributed by atoms with Crippen LogP contribution in [0, 0.1) is 5.92 Å². The van der Waals surface area contributed by atoms with E-state index < -0.39 is 0 Å². The topological polar surface area (TPSA) is 55.6 Å². The highest BCUT2D eigenvalue weighted by molar-refractivity contribution is 7.10. The van der Waals surface area contributed by atoms with E-state index in [0.717, 1.165) is 38.8 Å². The Kier molecular flexibility index (Phi) is 4.10. The molecule has 3 atom stereocenters. The summed E-state index contributed by atoms with van der Waals surface area (Å²) in [5.41, 5.74) is 7.36. The molecule has 1 aromatic heterocycles. The van der Waals surface area contributed by atoms with Crippen molar-refractivity contribution in [1.29, 1.82) is 0 Å². The normalized spacial score (nSPS) is 30.1. The highest BCUT2D eigenvalue weighted by Gasteiger charge is 2.35. The van der Waals surface area contributed by atoms with Crippen molar-refractivity contribution in [1.82, 2.24) is 4.90 Å². The lowest BCUT2D eigenvalue weighted by Gasteiger charge is -2.36. The predicted octanol–water partition coefficient (Wildman–Crippen LogP) is 1.78. The second-order valence-corrected chi connectivity index (χ2v) is 6.83. The van der Waals surface area contributed by atoms with E-state index >= 15 is 0 Å². The molecule has 1 aliphatic carbocycles. The summed E-state index contributed by atoms with van der Waals surface area (Å²) in [6.45, 7) is 1.63. The minimum atomic E-state index is 0.0270. The van der Waals surface area contributed by atoms with Crippen molar-refractivity contribution in [3.63, 3.8) is 0 Å². The highest BCUT2D eigenvalue weighted by atomic mass is 32.1. The largest absolute Gasteiger partial charge is 0.380 e. The number of hydrogen-bond acceptors (Lipinski definition) is 4. The molecule has 0 aromatic carbocycles. The molecule has 0 saturated heterocycles. The molecule has 3 rings (SSSR count). The molecule has 1 amide bonds. The molecule has 20 heavy (non-hydrogen) atoms. The van der Waals surface area contributed by atoms with E-state index in [1.807, 2.05) is 4.90 Å². The summed E-state index contributed by atoms with van der Waals surface area (Å²) in [5, 5.41) is 2.12. The van der Waals surface area contributed by atoms with Gasteiger partial charge < -0.3 is 15.4 Å². The van der Waals surface area contributed by atoms with Crippen LogP contribution in [0.5, 0.6) is 0 Å². The third kappa shape index (κ3) is 2.62. The minimum absolute atomic E-state index is 0.0270. The second kappa shape index (κ2) is 5.84. The molecule has 2 heterocycles. The van der Waals surface area contributed by atoms with Crippen molar-refractivity contribution in [2.24, 2.45) is 11.7 Å². The van der Waals surface area contributed by atoms with E-state index in [9.17, 15) is 4.79 Å². The van der Waals surface area contributed by atoms with Crippen LogP contribution < -0.4 is 5.73 Å². The Morgan fingerprint density at radius 2 is 2.35 bits per heavy atom. The fourth-order valence-electron chi connectivity index (χ4n) is 3.34. The quantitative estimate of drug-likeness (QED) is 0.904. The van der Waals surface area contributed by atoms with Gasteiger partial charge in [0.25, 0.3) is 0 Å². The average molecular weight is 294 g/mol. The van der Waals surface area contributed by atoms with Gasteiger partial charge in [-0.3, -0.25) is 4.79 Å². The molecule has 2 aliphatic rings. The number of nitrogens with zero attached hydrogens (tertiary/aromatic N) is 1. The van der Waals surface area contributed by atoms with Crippen LogP contribution in [0.4, 0.5) is 0 Å². The summed E-state index contributed by atoms with van der Waals surface area (Å²) >= 11 is 1.80. The van der Waals surface area contributed by atoms with Gasteiger partial charge in [-0.05, 0) is 42.7 Å². The maximum Gasteiger partial charge on any atom is 0.226 e. The van der Waals surface area contributed by atoms with Gasteiger partial charge in [-0.1, -0.05) is 0 Å². The standard InChI is InChI=1S/C15H22N2O2S/c1-19-13-8-10(2-3-12(13)16)15(18)17-6-4-14-11(9-17)5-7-20-14/h5,7,10,12-13H,2-4,6,8-9,16H2,1H3/t10-,12+,13+/m0/s1. The fraction of sp³-hybridized carbons (Fsp3) is 0.667. The number of hydrogen-bond donors (Lipinski definition) is 1. The first kappa shape index (κ1) is 14.0. The molecule has 4 nitrogen and oxygen atoms in total. The van der Waals surface area contributed by atoms with Crippen molar-refractivity contribution < 1.29 is 9.53 Å². The Hall–Kier alpha value is -0.910. The Balaban J connectivity index is 1.65. The van der Waals surface area contributed by atoms with E-state index in [4.69, 9.17) is 10.5 Å². The van der Waals surface area contributed by atoms with Gasteiger partial charge in [-0.2, -0.15) is 0 Å². The molecule has 110 valence electrons. The number of fused-ring (bicyclic) bond motifs is 1. The first-order valence-corrected chi connectivity index (χ1v) is 8.19. The van der Waals surface area contributed by atoms with Gasteiger partial charge in [-0.25, -0.2) is 0 Å². The molecule has 0 spiro atoms. The first-order chi connectivity index (χ1) is 9.69. The third-order valence-corrected chi connectivity index (χ3v) is 5.64. The molecule has 0 bridgehead atoms. The summed E-state index contributed by atoms with van der Waals surface area (Å²) in [5.74, 6) is 0.371. The Bertz CT molecular complexity index is 488. The number of nitrogens with two attached hydrogens (primary N) is 1. The van der Waals surface area contributed by atoms with Crippen molar-refractivity contribution in [2.45, 2.75) is 44.4 Å². The van der Waals surface area contributed by atoms with E-state index in [-0.39, 0.29) is 24.0 Å². The summed E-state index contributed by atoms with van der Waals surface area (Å²) < 4.78 is 5.42. The van der Waals surface area contributed by atoms with Crippen LogP contribution >= 0.6 is 11.3 Å². The number of methoxy groups -OCH3 is 1. The Morgan fingerprint density at radius 3 is 3.15 bits per heavy atom. The number of thiophene rings is 1. The van der Waals surface area contributed by atoms with Crippen LogP contribution in [-0.2, 0) is 22.5 Å². The molecule has 1 aliphatic heterocycles. The maximum atomic E-state index is 12.7. The van der Waals surface area contributed by atoms with E-state index in [2.05, 4.69) is 11.4 Å². The molecule has 2 N–H and O–H groups in total. The van der Waals surface area contributed by atoms with E-state index in [1.54, 1.807) is 18.4 Å². The molecular weight excluding hydrogens is 272 g/mol. The number of ether oxygens (including phenoxy) is 1. The zero-order chi connectivity index (χ0) is 14.1. The first-order valence-electron chi connectivity index (χ1n) is 7.31. The number of rotatable bonds is 2. The lowest BCUT2D eigenvalue weighted by Crippen LogP contribution is -2.47.